The molecule has 7 heteroatoms. The number of carbonyl (C=O) groups is 2. The Balaban J connectivity index is 1.99. The molecule has 0 aliphatic carbocycles. The van der Waals surface area contributed by atoms with Crippen molar-refractivity contribution in [1.29, 1.82) is 0 Å². The van der Waals surface area contributed by atoms with E-state index in [1.54, 1.807) is 36.4 Å². The highest BCUT2D eigenvalue weighted by atomic mass is 79.9. The SMILES string of the molecule is COc1ccc(Br)cc1C=C1C(=O)NN(c2cccc(Cl)c2)C1=O. The van der Waals surface area contributed by atoms with Crippen LogP contribution in [0.3, 0.4) is 0 Å². The van der Waals surface area contributed by atoms with E-state index in [-0.39, 0.29) is 5.57 Å². The number of hydrogen-bond donors (Lipinski definition) is 1. The Bertz CT molecular complexity index is 867. The van der Waals surface area contributed by atoms with Crippen molar-refractivity contribution in [3.63, 3.8) is 0 Å². The molecule has 1 aliphatic rings. The molecule has 0 saturated carbocycles. The number of ether oxygens (including phenoxy) is 1. The second-order valence-corrected chi connectivity index (χ2v) is 6.36. The molecule has 122 valence electrons. The van der Waals surface area contributed by atoms with Gasteiger partial charge in [-0.25, -0.2) is 5.01 Å². The van der Waals surface area contributed by atoms with Crippen molar-refractivity contribution in [2.45, 2.75) is 0 Å². The van der Waals surface area contributed by atoms with E-state index in [0.29, 0.717) is 22.0 Å². The number of halogens is 2. The smallest absolute Gasteiger partial charge is 0.282 e. The first-order valence-electron chi connectivity index (χ1n) is 6.96. The van der Waals surface area contributed by atoms with Crippen LogP contribution in [0.4, 0.5) is 5.69 Å². The molecule has 0 aromatic heterocycles. The van der Waals surface area contributed by atoms with Gasteiger partial charge in [-0.3, -0.25) is 15.0 Å². The Morgan fingerprint density at radius 3 is 2.71 bits per heavy atom. The number of methoxy groups -OCH3 is 1. The van der Waals surface area contributed by atoms with Crippen molar-refractivity contribution < 1.29 is 14.3 Å². The zero-order chi connectivity index (χ0) is 17.3. The van der Waals surface area contributed by atoms with Gasteiger partial charge in [-0.2, -0.15) is 0 Å². The molecule has 0 spiro atoms. The van der Waals surface area contributed by atoms with E-state index in [1.165, 1.54) is 18.2 Å². The molecular formula is C17H12BrClN2O3. The maximum Gasteiger partial charge on any atom is 0.282 e. The molecule has 3 rings (SSSR count). The first-order chi connectivity index (χ1) is 11.5. The molecule has 2 amide bonds. The summed E-state index contributed by atoms with van der Waals surface area (Å²) in [5, 5.41) is 1.64. The summed E-state index contributed by atoms with van der Waals surface area (Å²) in [7, 11) is 1.53. The number of carbonyl (C=O) groups excluding carboxylic acids is 2. The van der Waals surface area contributed by atoms with Crippen molar-refractivity contribution in [3.05, 3.63) is 63.1 Å². The molecule has 1 saturated heterocycles. The second kappa shape index (κ2) is 6.67. The number of hydrazine groups is 1. The standard InChI is InChI=1S/C17H12BrClN2O3/c1-24-15-6-5-11(18)7-10(15)8-14-16(22)20-21(17(14)23)13-4-2-3-12(19)9-13/h2-9H,1H3,(H,20,22). The molecule has 2 aromatic carbocycles. The Morgan fingerprint density at radius 2 is 2.00 bits per heavy atom. The fourth-order valence-corrected chi connectivity index (χ4v) is 2.89. The number of anilines is 1. The van der Waals surface area contributed by atoms with Gasteiger partial charge in [0.15, 0.2) is 0 Å². The summed E-state index contributed by atoms with van der Waals surface area (Å²) < 4.78 is 6.08. The van der Waals surface area contributed by atoms with E-state index < -0.39 is 11.8 Å². The highest BCUT2D eigenvalue weighted by molar-refractivity contribution is 9.10. The van der Waals surface area contributed by atoms with Crippen LogP contribution in [0.15, 0.2) is 52.5 Å². The van der Waals surface area contributed by atoms with Crippen LogP contribution in [0.2, 0.25) is 5.02 Å². The predicted octanol–water partition coefficient (Wildman–Crippen LogP) is 3.57. The third kappa shape index (κ3) is 3.16. The third-order valence-corrected chi connectivity index (χ3v) is 4.18. The van der Waals surface area contributed by atoms with E-state index in [1.807, 2.05) is 6.07 Å². The molecule has 1 aliphatic heterocycles. The summed E-state index contributed by atoms with van der Waals surface area (Å²) in [4.78, 5) is 24.8. The fraction of sp³-hybridized carbons (Fsp3) is 0.0588. The van der Waals surface area contributed by atoms with Gasteiger partial charge in [0.25, 0.3) is 11.8 Å². The molecule has 1 N–H and O–H groups in total. The number of rotatable bonds is 3. The zero-order valence-corrected chi connectivity index (χ0v) is 14.9. The molecule has 0 bridgehead atoms. The quantitative estimate of drug-likeness (QED) is 0.625. The summed E-state index contributed by atoms with van der Waals surface area (Å²) >= 11 is 9.31. The molecule has 2 aromatic rings. The normalized spacial score (nSPS) is 15.8. The Labute approximate surface area is 152 Å². The van der Waals surface area contributed by atoms with Gasteiger partial charge in [-0.05, 0) is 42.5 Å². The summed E-state index contributed by atoms with van der Waals surface area (Å²) in [6.07, 6.45) is 1.51. The number of nitrogens with zero attached hydrogens (tertiary/aromatic N) is 1. The Hall–Kier alpha value is -2.31. The highest BCUT2D eigenvalue weighted by Gasteiger charge is 2.34. The maximum atomic E-state index is 12.6. The fourth-order valence-electron chi connectivity index (χ4n) is 2.33. The second-order valence-electron chi connectivity index (χ2n) is 5.01. The van der Waals surface area contributed by atoms with Gasteiger partial charge < -0.3 is 4.74 Å². The van der Waals surface area contributed by atoms with Crippen molar-refractivity contribution in [3.8, 4) is 5.75 Å². The van der Waals surface area contributed by atoms with Crippen LogP contribution in [0, 0.1) is 0 Å². The lowest BCUT2D eigenvalue weighted by Crippen LogP contribution is -2.35. The number of nitrogens with one attached hydrogen (secondary N) is 1. The van der Waals surface area contributed by atoms with Gasteiger partial charge >= 0.3 is 0 Å². The van der Waals surface area contributed by atoms with Gasteiger partial charge in [-0.15, -0.1) is 0 Å². The minimum Gasteiger partial charge on any atom is -0.496 e. The molecule has 24 heavy (non-hydrogen) atoms. The van der Waals surface area contributed by atoms with Crippen LogP contribution in [0.5, 0.6) is 5.75 Å². The van der Waals surface area contributed by atoms with E-state index in [2.05, 4.69) is 21.4 Å². The highest BCUT2D eigenvalue weighted by Crippen LogP contribution is 2.28. The van der Waals surface area contributed by atoms with Crippen LogP contribution in [-0.2, 0) is 9.59 Å². The molecule has 1 fully saturated rings. The van der Waals surface area contributed by atoms with Gasteiger partial charge in [-0.1, -0.05) is 33.6 Å². The van der Waals surface area contributed by atoms with Crippen LogP contribution in [0.25, 0.3) is 6.08 Å². The minimum absolute atomic E-state index is 0.0198. The first kappa shape index (κ1) is 16.5. The van der Waals surface area contributed by atoms with Gasteiger partial charge in [0.2, 0.25) is 0 Å². The van der Waals surface area contributed by atoms with E-state index in [0.717, 1.165) is 4.47 Å². The van der Waals surface area contributed by atoms with Gasteiger partial charge in [0.1, 0.15) is 11.3 Å². The molecular weight excluding hydrogens is 396 g/mol. The van der Waals surface area contributed by atoms with Crippen LogP contribution < -0.4 is 15.2 Å². The monoisotopic (exact) mass is 406 g/mol. The number of amides is 2. The summed E-state index contributed by atoms with van der Waals surface area (Å²) in [5.74, 6) is -0.376. The third-order valence-electron chi connectivity index (χ3n) is 3.45. The Morgan fingerprint density at radius 1 is 1.21 bits per heavy atom. The van der Waals surface area contributed by atoms with Crippen LogP contribution in [-0.4, -0.2) is 18.9 Å². The summed E-state index contributed by atoms with van der Waals surface area (Å²) in [6, 6.07) is 12.0. The molecule has 1 heterocycles. The lowest BCUT2D eigenvalue weighted by molar-refractivity contribution is -0.117. The average Bonchev–Trinajstić information content (AvgIpc) is 2.83. The summed E-state index contributed by atoms with van der Waals surface area (Å²) in [6.45, 7) is 0. The van der Waals surface area contributed by atoms with Crippen molar-refractivity contribution in [2.24, 2.45) is 0 Å². The maximum absolute atomic E-state index is 12.6. The Kier molecular flexibility index (Phi) is 4.59. The molecule has 0 atom stereocenters. The van der Waals surface area contributed by atoms with Crippen molar-refractivity contribution in [2.75, 3.05) is 12.1 Å². The first-order valence-corrected chi connectivity index (χ1v) is 8.13. The predicted molar refractivity (Wildman–Crippen MR) is 95.8 cm³/mol. The summed E-state index contributed by atoms with van der Waals surface area (Å²) in [5.41, 5.74) is 3.67. The lowest BCUT2D eigenvalue weighted by Gasteiger charge is -2.14. The number of hydrogen-bond acceptors (Lipinski definition) is 3. The van der Waals surface area contributed by atoms with Gasteiger partial charge in [0, 0.05) is 15.1 Å². The van der Waals surface area contributed by atoms with Gasteiger partial charge in [0.05, 0.1) is 12.8 Å². The van der Waals surface area contributed by atoms with E-state index >= 15 is 0 Å². The number of benzene rings is 2. The van der Waals surface area contributed by atoms with E-state index in [4.69, 9.17) is 16.3 Å². The van der Waals surface area contributed by atoms with Crippen molar-refractivity contribution in [1.82, 2.24) is 5.43 Å². The topological polar surface area (TPSA) is 58.6 Å². The largest absolute Gasteiger partial charge is 0.496 e. The van der Waals surface area contributed by atoms with Crippen LogP contribution >= 0.6 is 27.5 Å². The van der Waals surface area contributed by atoms with Crippen LogP contribution in [0.1, 0.15) is 5.56 Å². The average molecular weight is 408 g/mol. The molecule has 5 nitrogen and oxygen atoms in total. The molecule has 0 radical (unpaired) electrons. The zero-order valence-electron chi connectivity index (χ0n) is 12.5. The van der Waals surface area contributed by atoms with Crippen molar-refractivity contribution >= 4 is 51.1 Å². The van der Waals surface area contributed by atoms with E-state index in [9.17, 15) is 9.59 Å². The molecule has 0 unspecified atom stereocenters. The lowest BCUT2D eigenvalue weighted by atomic mass is 10.1. The minimum atomic E-state index is -0.484.